The summed E-state index contributed by atoms with van der Waals surface area (Å²) in [5, 5.41) is 21.5. The molecule has 2 unspecified atom stereocenters. The lowest BCUT2D eigenvalue weighted by Crippen LogP contribution is -2.56. The van der Waals surface area contributed by atoms with Crippen molar-refractivity contribution in [2.45, 2.75) is 57.3 Å². The van der Waals surface area contributed by atoms with Crippen molar-refractivity contribution in [1.82, 2.24) is 0 Å². The van der Waals surface area contributed by atoms with Crippen LogP contribution in [0.2, 0.25) is 0 Å². The van der Waals surface area contributed by atoms with Gasteiger partial charge < -0.3 is 19.4 Å². The van der Waals surface area contributed by atoms with Crippen molar-refractivity contribution in [2.24, 2.45) is 11.3 Å². The number of rotatable bonds is 1. The second kappa shape index (κ2) is 4.83. The van der Waals surface area contributed by atoms with Crippen LogP contribution in [0.3, 0.4) is 0 Å². The minimum atomic E-state index is -1.17. The summed E-state index contributed by atoms with van der Waals surface area (Å²) in [6, 6.07) is 1.39. The number of carbonyl (C=O) groups is 1. The quantitative estimate of drug-likeness (QED) is 0.591. The molecule has 6 heteroatoms. The zero-order valence-electron chi connectivity index (χ0n) is 14.6. The highest BCUT2D eigenvalue weighted by Crippen LogP contribution is 2.61. The number of allylic oxidation sites excluding steroid dienone is 1. The number of fused-ring (bicyclic) bond motifs is 2. The first-order chi connectivity index (χ1) is 11.6. The average molecular weight is 346 g/mol. The van der Waals surface area contributed by atoms with E-state index in [1.165, 1.54) is 6.07 Å². The van der Waals surface area contributed by atoms with Crippen LogP contribution in [0.15, 0.2) is 27.4 Å². The molecule has 2 N–H and O–H groups in total. The first-order valence-corrected chi connectivity index (χ1v) is 8.57. The molecule has 2 heterocycles. The third kappa shape index (κ3) is 1.81. The lowest BCUT2D eigenvalue weighted by molar-refractivity contribution is -0.154. The van der Waals surface area contributed by atoms with E-state index in [0.29, 0.717) is 16.9 Å². The molecule has 134 valence electrons. The van der Waals surface area contributed by atoms with Crippen molar-refractivity contribution in [3.05, 3.63) is 45.5 Å². The maximum absolute atomic E-state index is 12.6. The molecule has 1 aliphatic heterocycles. The van der Waals surface area contributed by atoms with E-state index in [1.54, 1.807) is 13.0 Å². The molecule has 25 heavy (non-hydrogen) atoms. The van der Waals surface area contributed by atoms with Crippen LogP contribution in [-0.4, -0.2) is 28.4 Å². The van der Waals surface area contributed by atoms with Gasteiger partial charge in [-0.3, -0.25) is 4.79 Å². The molecule has 6 nitrogen and oxygen atoms in total. The Labute approximate surface area is 145 Å². The zero-order valence-corrected chi connectivity index (χ0v) is 14.6. The molecule has 0 spiro atoms. The van der Waals surface area contributed by atoms with Gasteiger partial charge in [0, 0.05) is 28.9 Å². The molecule has 1 aromatic heterocycles. The van der Waals surface area contributed by atoms with E-state index in [4.69, 9.17) is 9.15 Å². The topological polar surface area (TPSA) is 97.0 Å². The second-order valence-electron chi connectivity index (χ2n) is 8.07. The van der Waals surface area contributed by atoms with Gasteiger partial charge in [-0.25, -0.2) is 4.79 Å². The molecule has 0 amide bonds. The standard InChI is InChI=1S/C19H22O6/c1-8(2)14-12-9(7-11(21)24-14)18(3)6-5-10(20)19(4)16(18)15(13(12)22)25-17(19)23/h5-8,10,13,15-16,20,22H,1-4H3/t10-,13-,15?,16?,18-,19+/m1/s1. The van der Waals surface area contributed by atoms with Crippen LogP contribution in [0.1, 0.15) is 56.6 Å². The Morgan fingerprint density at radius 3 is 2.52 bits per heavy atom. The summed E-state index contributed by atoms with van der Waals surface area (Å²) in [5.41, 5.74) is -1.20. The summed E-state index contributed by atoms with van der Waals surface area (Å²) in [6.45, 7) is 7.34. The fourth-order valence-electron chi connectivity index (χ4n) is 5.02. The van der Waals surface area contributed by atoms with Crippen molar-refractivity contribution in [1.29, 1.82) is 0 Å². The Kier molecular flexibility index (Phi) is 3.19. The van der Waals surface area contributed by atoms with E-state index in [0.717, 1.165) is 0 Å². The van der Waals surface area contributed by atoms with Crippen LogP contribution in [0.4, 0.5) is 0 Å². The van der Waals surface area contributed by atoms with Crippen LogP contribution in [-0.2, 0) is 14.9 Å². The van der Waals surface area contributed by atoms with Crippen molar-refractivity contribution in [3.8, 4) is 0 Å². The normalized spacial score (nSPS) is 41.5. The van der Waals surface area contributed by atoms with Gasteiger partial charge in [-0.05, 0) is 12.5 Å². The predicted octanol–water partition coefficient (Wildman–Crippen LogP) is 1.55. The summed E-state index contributed by atoms with van der Waals surface area (Å²) in [6.07, 6.45) is 0.527. The van der Waals surface area contributed by atoms with E-state index in [1.807, 2.05) is 26.8 Å². The molecule has 1 saturated heterocycles. The third-order valence-electron chi connectivity index (χ3n) is 6.28. The van der Waals surface area contributed by atoms with Gasteiger partial charge in [0.25, 0.3) is 0 Å². The van der Waals surface area contributed by atoms with Crippen molar-refractivity contribution in [3.63, 3.8) is 0 Å². The molecule has 2 aliphatic carbocycles. The lowest BCUT2D eigenvalue weighted by atomic mass is 9.51. The van der Waals surface area contributed by atoms with Crippen LogP contribution in [0.25, 0.3) is 0 Å². The van der Waals surface area contributed by atoms with Crippen LogP contribution >= 0.6 is 0 Å². The number of aliphatic hydroxyl groups excluding tert-OH is 2. The summed E-state index contributed by atoms with van der Waals surface area (Å²) in [5.74, 6) is -0.697. The largest absolute Gasteiger partial charge is 0.458 e. The van der Waals surface area contributed by atoms with E-state index in [9.17, 15) is 19.8 Å². The van der Waals surface area contributed by atoms with Gasteiger partial charge in [-0.1, -0.05) is 32.9 Å². The first-order valence-electron chi connectivity index (χ1n) is 8.57. The summed E-state index contributed by atoms with van der Waals surface area (Å²) >= 11 is 0. The monoisotopic (exact) mass is 346 g/mol. The number of hydrogen-bond acceptors (Lipinski definition) is 6. The molecule has 4 rings (SSSR count). The van der Waals surface area contributed by atoms with Gasteiger partial charge in [-0.2, -0.15) is 0 Å². The molecule has 0 bridgehead atoms. The number of aliphatic hydroxyl groups is 2. The van der Waals surface area contributed by atoms with Gasteiger partial charge in [0.1, 0.15) is 23.4 Å². The number of hydrogen-bond donors (Lipinski definition) is 2. The molecule has 3 aliphatic rings. The Hall–Kier alpha value is -1.92. The Bertz CT molecular complexity index is 852. The summed E-state index contributed by atoms with van der Waals surface area (Å²) in [4.78, 5) is 24.8. The Balaban J connectivity index is 2.08. The highest BCUT2D eigenvalue weighted by atomic mass is 16.6. The van der Waals surface area contributed by atoms with Gasteiger partial charge in [-0.15, -0.1) is 0 Å². The fraction of sp³-hybridized carbons (Fsp3) is 0.579. The van der Waals surface area contributed by atoms with Crippen molar-refractivity contribution >= 4 is 5.97 Å². The number of carbonyl (C=O) groups excluding carboxylic acids is 1. The van der Waals surface area contributed by atoms with Gasteiger partial charge in [0.05, 0.1) is 6.10 Å². The minimum Gasteiger partial charge on any atom is -0.458 e. The predicted molar refractivity (Wildman–Crippen MR) is 88.0 cm³/mol. The molecule has 1 fully saturated rings. The molecule has 6 atom stereocenters. The number of ether oxygens (including phenoxy) is 1. The van der Waals surface area contributed by atoms with E-state index < -0.39 is 46.7 Å². The minimum absolute atomic E-state index is 0.112. The van der Waals surface area contributed by atoms with Gasteiger partial charge in [0.15, 0.2) is 0 Å². The van der Waals surface area contributed by atoms with Crippen molar-refractivity contribution < 1.29 is 24.2 Å². The smallest absolute Gasteiger partial charge is 0.336 e. The average Bonchev–Trinajstić information content (AvgIpc) is 2.83. The van der Waals surface area contributed by atoms with E-state index in [2.05, 4.69) is 0 Å². The Morgan fingerprint density at radius 2 is 1.88 bits per heavy atom. The highest BCUT2D eigenvalue weighted by Gasteiger charge is 2.69. The maximum atomic E-state index is 12.6. The fourth-order valence-corrected chi connectivity index (χ4v) is 5.02. The van der Waals surface area contributed by atoms with Crippen LogP contribution in [0, 0.1) is 11.3 Å². The molecular formula is C19H22O6. The summed E-state index contributed by atoms with van der Waals surface area (Å²) < 4.78 is 10.9. The van der Waals surface area contributed by atoms with Crippen LogP contribution in [0.5, 0.6) is 0 Å². The lowest BCUT2D eigenvalue weighted by Gasteiger charge is -2.51. The molecule has 1 aromatic rings. The van der Waals surface area contributed by atoms with Gasteiger partial charge >= 0.3 is 11.6 Å². The first kappa shape index (κ1) is 16.5. The van der Waals surface area contributed by atoms with Crippen LogP contribution < -0.4 is 5.63 Å². The summed E-state index contributed by atoms with van der Waals surface area (Å²) in [7, 11) is 0. The SMILES string of the molecule is CC(C)c1oc(=O)cc2c1[C@@H](O)C1OC(=O)[C@]3(C)C1[C@]2(C)C=C[C@H]3O. The molecule has 0 saturated carbocycles. The third-order valence-corrected chi connectivity index (χ3v) is 6.28. The molecular weight excluding hydrogens is 324 g/mol. The van der Waals surface area contributed by atoms with E-state index in [-0.39, 0.29) is 5.92 Å². The highest BCUT2D eigenvalue weighted by molar-refractivity contribution is 5.82. The number of esters is 1. The molecule has 0 aromatic carbocycles. The van der Waals surface area contributed by atoms with Gasteiger partial charge in [0.2, 0.25) is 0 Å². The Morgan fingerprint density at radius 1 is 1.20 bits per heavy atom. The maximum Gasteiger partial charge on any atom is 0.336 e. The van der Waals surface area contributed by atoms with E-state index >= 15 is 0 Å². The zero-order chi connectivity index (χ0) is 18.3. The second-order valence-corrected chi connectivity index (χ2v) is 8.07. The molecule has 0 radical (unpaired) electrons. The van der Waals surface area contributed by atoms with Crippen molar-refractivity contribution in [2.75, 3.05) is 0 Å².